The van der Waals surface area contributed by atoms with Crippen molar-refractivity contribution in [3.8, 4) is 0 Å². The van der Waals surface area contributed by atoms with Crippen LogP contribution < -0.4 is 5.32 Å². The number of nitro groups is 1. The van der Waals surface area contributed by atoms with Gasteiger partial charge in [0.1, 0.15) is 11.9 Å². The second-order valence-electron chi connectivity index (χ2n) is 3.73. The Kier molecular flexibility index (Phi) is 4.59. The van der Waals surface area contributed by atoms with Crippen molar-refractivity contribution in [2.24, 2.45) is 0 Å². The quantitative estimate of drug-likeness (QED) is 0.487. The molecule has 0 amide bonds. The van der Waals surface area contributed by atoms with Crippen LogP contribution >= 0.6 is 0 Å². The topological polar surface area (TPSA) is 94.4 Å². The number of nitrogens with one attached hydrogen (secondary N) is 1. The van der Waals surface area contributed by atoms with Crippen molar-refractivity contribution in [1.29, 1.82) is 0 Å². The number of ether oxygens (including phenoxy) is 1. The average Bonchev–Trinajstić information content (AvgIpc) is 2.31. The Labute approximate surface area is 104 Å². The zero-order valence-electron chi connectivity index (χ0n) is 10.5. The molecule has 1 rings (SSSR count). The first-order valence-corrected chi connectivity index (χ1v) is 5.50. The minimum Gasteiger partial charge on any atom is -0.464 e. The highest BCUT2D eigenvalue weighted by molar-refractivity contribution is 5.78. The van der Waals surface area contributed by atoms with Crippen LogP contribution in [0.15, 0.2) is 12.3 Å². The third-order valence-electron chi connectivity index (χ3n) is 2.28. The van der Waals surface area contributed by atoms with Crippen LogP contribution in [0.1, 0.15) is 19.4 Å². The van der Waals surface area contributed by atoms with E-state index in [4.69, 9.17) is 4.74 Å². The fourth-order valence-corrected chi connectivity index (χ4v) is 1.34. The molecule has 0 bridgehead atoms. The van der Waals surface area contributed by atoms with Crippen LogP contribution in [0.2, 0.25) is 0 Å². The van der Waals surface area contributed by atoms with Gasteiger partial charge in [0.25, 0.3) is 5.69 Å². The summed E-state index contributed by atoms with van der Waals surface area (Å²) < 4.78 is 4.81. The summed E-state index contributed by atoms with van der Waals surface area (Å²) in [5.41, 5.74) is 0.429. The fourth-order valence-electron chi connectivity index (χ4n) is 1.34. The zero-order valence-corrected chi connectivity index (χ0v) is 10.5. The molecule has 1 aromatic rings. The second kappa shape index (κ2) is 5.95. The van der Waals surface area contributed by atoms with Crippen LogP contribution in [0, 0.1) is 17.0 Å². The van der Waals surface area contributed by atoms with Gasteiger partial charge >= 0.3 is 5.97 Å². The predicted molar refractivity (Wildman–Crippen MR) is 65.3 cm³/mol. The maximum atomic E-state index is 11.4. The number of hydrogen-bond donors (Lipinski definition) is 1. The van der Waals surface area contributed by atoms with Crippen LogP contribution in [-0.4, -0.2) is 28.5 Å². The van der Waals surface area contributed by atoms with Crippen molar-refractivity contribution in [3.63, 3.8) is 0 Å². The number of nitrogens with zero attached hydrogens (tertiary/aromatic N) is 2. The number of carbonyl (C=O) groups excluding carboxylic acids is 1. The summed E-state index contributed by atoms with van der Waals surface area (Å²) in [5.74, 6) is -0.157. The highest BCUT2D eigenvalue weighted by Gasteiger charge is 2.17. The van der Waals surface area contributed by atoms with Crippen LogP contribution in [0.5, 0.6) is 0 Å². The van der Waals surface area contributed by atoms with Gasteiger partial charge in [-0.1, -0.05) is 0 Å². The molecular weight excluding hydrogens is 238 g/mol. The van der Waals surface area contributed by atoms with Crippen molar-refractivity contribution in [2.45, 2.75) is 26.8 Å². The summed E-state index contributed by atoms with van der Waals surface area (Å²) in [6.45, 7) is 5.20. The highest BCUT2D eigenvalue weighted by atomic mass is 16.6. The predicted octanol–water partition coefficient (Wildman–Crippen LogP) is 1.66. The van der Waals surface area contributed by atoms with E-state index in [0.717, 1.165) is 0 Å². The molecule has 0 saturated heterocycles. The number of esters is 1. The van der Waals surface area contributed by atoms with Gasteiger partial charge in [-0.2, -0.15) is 0 Å². The highest BCUT2D eigenvalue weighted by Crippen LogP contribution is 2.20. The lowest BCUT2D eigenvalue weighted by atomic mass is 10.2. The third-order valence-corrected chi connectivity index (χ3v) is 2.28. The average molecular weight is 253 g/mol. The second-order valence-corrected chi connectivity index (χ2v) is 3.73. The minimum absolute atomic E-state index is 0.0384. The fraction of sp³-hybridized carbons (Fsp3) is 0.455. The van der Waals surface area contributed by atoms with Gasteiger partial charge in [-0.05, 0) is 20.8 Å². The molecule has 0 radical (unpaired) electrons. The molecule has 0 aliphatic heterocycles. The maximum absolute atomic E-state index is 11.4. The van der Waals surface area contributed by atoms with E-state index < -0.39 is 16.9 Å². The molecular formula is C11H15N3O4. The summed E-state index contributed by atoms with van der Waals surface area (Å²) in [4.78, 5) is 25.6. The Morgan fingerprint density at radius 3 is 2.89 bits per heavy atom. The molecule has 0 fully saturated rings. The maximum Gasteiger partial charge on any atom is 0.328 e. The molecule has 1 unspecified atom stereocenters. The minimum atomic E-state index is -0.611. The standard InChI is InChI=1S/C11H15N3O4/c1-4-18-11(15)8(3)13-10-5-9(14(16)17)7(2)6-12-10/h5-6,8H,4H2,1-3H3,(H,12,13). The molecule has 98 valence electrons. The number of carbonyl (C=O) groups is 1. The van der Waals surface area contributed by atoms with E-state index in [1.165, 1.54) is 12.3 Å². The van der Waals surface area contributed by atoms with E-state index in [-0.39, 0.29) is 18.1 Å². The molecule has 7 heteroatoms. The number of hydrogen-bond acceptors (Lipinski definition) is 6. The van der Waals surface area contributed by atoms with Gasteiger partial charge in [0.2, 0.25) is 0 Å². The lowest BCUT2D eigenvalue weighted by Gasteiger charge is -2.13. The van der Waals surface area contributed by atoms with Crippen molar-refractivity contribution in [3.05, 3.63) is 27.9 Å². The molecule has 0 aliphatic rings. The molecule has 1 atom stereocenters. The van der Waals surface area contributed by atoms with E-state index >= 15 is 0 Å². The normalized spacial score (nSPS) is 11.7. The largest absolute Gasteiger partial charge is 0.464 e. The van der Waals surface area contributed by atoms with Gasteiger partial charge in [-0.15, -0.1) is 0 Å². The van der Waals surface area contributed by atoms with Crippen LogP contribution in [0.25, 0.3) is 0 Å². The van der Waals surface area contributed by atoms with Gasteiger partial charge in [0.15, 0.2) is 0 Å². The van der Waals surface area contributed by atoms with E-state index in [0.29, 0.717) is 5.56 Å². The lowest BCUT2D eigenvalue weighted by Crippen LogP contribution is -2.28. The molecule has 0 saturated carbocycles. The number of anilines is 1. The van der Waals surface area contributed by atoms with Gasteiger partial charge in [0.05, 0.1) is 17.6 Å². The molecule has 1 heterocycles. The molecule has 1 aromatic heterocycles. The van der Waals surface area contributed by atoms with Crippen molar-refractivity contribution < 1.29 is 14.5 Å². The van der Waals surface area contributed by atoms with Gasteiger partial charge in [-0.25, -0.2) is 9.78 Å². The van der Waals surface area contributed by atoms with E-state index in [1.54, 1.807) is 20.8 Å². The SMILES string of the molecule is CCOC(=O)C(C)Nc1cc([N+](=O)[O-])c(C)cn1. The lowest BCUT2D eigenvalue weighted by molar-refractivity contribution is -0.385. The van der Waals surface area contributed by atoms with E-state index in [1.807, 2.05) is 0 Å². The smallest absolute Gasteiger partial charge is 0.328 e. The van der Waals surface area contributed by atoms with Crippen molar-refractivity contribution in [1.82, 2.24) is 4.98 Å². The first kappa shape index (κ1) is 13.9. The van der Waals surface area contributed by atoms with Gasteiger partial charge < -0.3 is 10.1 Å². The summed E-state index contributed by atoms with van der Waals surface area (Å²) >= 11 is 0. The Hall–Kier alpha value is -2.18. The van der Waals surface area contributed by atoms with Crippen molar-refractivity contribution in [2.75, 3.05) is 11.9 Å². The van der Waals surface area contributed by atoms with Crippen molar-refractivity contribution >= 4 is 17.5 Å². The Bertz CT molecular complexity index is 462. The first-order valence-electron chi connectivity index (χ1n) is 5.50. The van der Waals surface area contributed by atoms with Crippen LogP contribution in [0.3, 0.4) is 0 Å². The summed E-state index contributed by atoms with van der Waals surface area (Å²) in [6.07, 6.45) is 1.39. The number of pyridine rings is 1. The number of rotatable bonds is 5. The third kappa shape index (κ3) is 3.41. The molecule has 1 N–H and O–H groups in total. The Morgan fingerprint density at radius 2 is 2.33 bits per heavy atom. The monoisotopic (exact) mass is 253 g/mol. The summed E-state index contributed by atoms with van der Waals surface area (Å²) in [5, 5.41) is 13.5. The molecule has 0 spiro atoms. The van der Waals surface area contributed by atoms with Crippen LogP contribution in [-0.2, 0) is 9.53 Å². The molecule has 18 heavy (non-hydrogen) atoms. The Morgan fingerprint density at radius 1 is 1.67 bits per heavy atom. The van der Waals surface area contributed by atoms with E-state index in [9.17, 15) is 14.9 Å². The molecule has 0 aromatic carbocycles. The summed E-state index contributed by atoms with van der Waals surface area (Å²) in [7, 11) is 0. The van der Waals surface area contributed by atoms with Gasteiger partial charge in [-0.3, -0.25) is 10.1 Å². The molecule has 7 nitrogen and oxygen atoms in total. The van der Waals surface area contributed by atoms with Crippen LogP contribution in [0.4, 0.5) is 11.5 Å². The number of aromatic nitrogens is 1. The summed E-state index contributed by atoms with van der Waals surface area (Å²) in [6, 6.07) is 0.685. The molecule has 0 aliphatic carbocycles. The number of aryl methyl sites for hydroxylation is 1. The Balaban J connectivity index is 2.82. The van der Waals surface area contributed by atoms with E-state index in [2.05, 4.69) is 10.3 Å². The zero-order chi connectivity index (χ0) is 13.7. The first-order chi connectivity index (χ1) is 8.45. The van der Waals surface area contributed by atoms with Gasteiger partial charge in [0, 0.05) is 11.8 Å².